The van der Waals surface area contributed by atoms with E-state index in [1.54, 1.807) is 12.1 Å². The fourth-order valence-corrected chi connectivity index (χ4v) is 1.87. The standard InChI is InChI=1S/C14H10Cl2N2O3/c15-10-6-5-8(13(20)12(10)16)7-17-18-14(21)9-3-1-2-4-11(9)19/h1-7,19-20H,(H,18,21)/b17-7+. The maximum Gasteiger partial charge on any atom is 0.275 e. The van der Waals surface area contributed by atoms with E-state index in [9.17, 15) is 15.0 Å². The van der Waals surface area contributed by atoms with Gasteiger partial charge in [0.15, 0.2) is 0 Å². The van der Waals surface area contributed by atoms with Gasteiger partial charge in [0.05, 0.1) is 16.8 Å². The number of hydrogen-bond donors (Lipinski definition) is 3. The summed E-state index contributed by atoms with van der Waals surface area (Å²) in [6.07, 6.45) is 1.22. The van der Waals surface area contributed by atoms with E-state index in [1.165, 1.54) is 30.5 Å². The van der Waals surface area contributed by atoms with Gasteiger partial charge in [-0.2, -0.15) is 5.10 Å². The molecule has 2 aromatic carbocycles. The molecule has 0 saturated heterocycles. The van der Waals surface area contributed by atoms with E-state index in [0.717, 1.165) is 0 Å². The maximum absolute atomic E-state index is 11.8. The molecule has 0 spiro atoms. The fourth-order valence-electron chi connectivity index (χ4n) is 1.55. The number of phenols is 2. The Hall–Kier alpha value is -2.24. The zero-order chi connectivity index (χ0) is 15.4. The van der Waals surface area contributed by atoms with E-state index in [0.29, 0.717) is 5.56 Å². The number of halogens is 2. The summed E-state index contributed by atoms with van der Waals surface area (Å²) in [6.45, 7) is 0. The monoisotopic (exact) mass is 324 g/mol. The molecule has 21 heavy (non-hydrogen) atoms. The van der Waals surface area contributed by atoms with Crippen LogP contribution in [0.3, 0.4) is 0 Å². The molecule has 0 aromatic heterocycles. The lowest BCUT2D eigenvalue weighted by molar-refractivity contribution is 0.0952. The first-order chi connectivity index (χ1) is 10.0. The molecular formula is C14H10Cl2N2O3. The second-order valence-corrected chi connectivity index (χ2v) is 4.80. The first-order valence-electron chi connectivity index (χ1n) is 5.79. The van der Waals surface area contributed by atoms with Crippen LogP contribution in [0.15, 0.2) is 41.5 Å². The molecule has 3 N–H and O–H groups in total. The SMILES string of the molecule is O=C(N/N=C/c1ccc(Cl)c(Cl)c1O)c1ccccc1O. The van der Waals surface area contributed by atoms with Gasteiger partial charge < -0.3 is 10.2 Å². The van der Waals surface area contributed by atoms with Gasteiger partial charge in [0, 0.05) is 5.56 Å². The molecule has 0 aliphatic rings. The number of nitrogens with one attached hydrogen (secondary N) is 1. The molecule has 0 atom stereocenters. The van der Waals surface area contributed by atoms with Gasteiger partial charge >= 0.3 is 0 Å². The topological polar surface area (TPSA) is 81.9 Å². The highest BCUT2D eigenvalue weighted by Gasteiger charge is 2.10. The molecule has 0 unspecified atom stereocenters. The van der Waals surface area contributed by atoms with Crippen LogP contribution in [0.25, 0.3) is 0 Å². The number of hydrogen-bond acceptors (Lipinski definition) is 4. The van der Waals surface area contributed by atoms with E-state index in [4.69, 9.17) is 23.2 Å². The Labute approximate surface area is 130 Å². The largest absolute Gasteiger partial charge is 0.507 e. The zero-order valence-electron chi connectivity index (χ0n) is 10.5. The summed E-state index contributed by atoms with van der Waals surface area (Å²) < 4.78 is 0. The smallest absolute Gasteiger partial charge is 0.275 e. The lowest BCUT2D eigenvalue weighted by Crippen LogP contribution is -2.17. The number of aromatic hydroxyl groups is 2. The predicted molar refractivity (Wildman–Crippen MR) is 81.3 cm³/mol. The van der Waals surface area contributed by atoms with Crippen molar-refractivity contribution < 1.29 is 15.0 Å². The Bertz CT molecular complexity index is 717. The Morgan fingerprint density at radius 3 is 2.57 bits per heavy atom. The molecule has 108 valence electrons. The van der Waals surface area contributed by atoms with Gasteiger partial charge in [-0.05, 0) is 24.3 Å². The highest BCUT2D eigenvalue weighted by Crippen LogP contribution is 2.33. The van der Waals surface area contributed by atoms with E-state index in [-0.39, 0.29) is 27.1 Å². The van der Waals surface area contributed by atoms with Crippen molar-refractivity contribution in [1.82, 2.24) is 5.43 Å². The summed E-state index contributed by atoms with van der Waals surface area (Å²) in [5.41, 5.74) is 2.62. The number of amides is 1. The second-order valence-electron chi connectivity index (χ2n) is 4.02. The van der Waals surface area contributed by atoms with Crippen molar-refractivity contribution >= 4 is 35.3 Å². The maximum atomic E-state index is 11.8. The average molecular weight is 325 g/mol. The van der Waals surface area contributed by atoms with Crippen LogP contribution in [-0.4, -0.2) is 22.3 Å². The number of carbonyl (C=O) groups is 1. The van der Waals surface area contributed by atoms with Gasteiger partial charge in [-0.25, -0.2) is 5.43 Å². The number of hydrazone groups is 1. The van der Waals surface area contributed by atoms with Gasteiger partial charge in [-0.1, -0.05) is 35.3 Å². The summed E-state index contributed by atoms with van der Waals surface area (Å²) in [5, 5.41) is 23.2. The molecule has 5 nitrogen and oxygen atoms in total. The third-order valence-corrected chi connectivity index (χ3v) is 3.41. The molecule has 0 bridgehead atoms. The number of nitrogens with zero attached hydrogens (tertiary/aromatic N) is 1. The second kappa shape index (κ2) is 6.47. The Morgan fingerprint density at radius 1 is 1.14 bits per heavy atom. The quantitative estimate of drug-likeness (QED) is 0.599. The van der Waals surface area contributed by atoms with Crippen molar-refractivity contribution in [3.8, 4) is 11.5 Å². The fraction of sp³-hybridized carbons (Fsp3) is 0. The van der Waals surface area contributed by atoms with Crippen molar-refractivity contribution in [3.63, 3.8) is 0 Å². The molecule has 0 fully saturated rings. The van der Waals surface area contributed by atoms with Crippen molar-refractivity contribution in [1.29, 1.82) is 0 Å². The first-order valence-corrected chi connectivity index (χ1v) is 6.54. The molecule has 2 rings (SSSR count). The number of para-hydroxylation sites is 1. The Kier molecular flexibility index (Phi) is 4.67. The minimum atomic E-state index is -0.580. The van der Waals surface area contributed by atoms with Gasteiger partial charge in [-0.3, -0.25) is 4.79 Å². The van der Waals surface area contributed by atoms with Crippen LogP contribution in [0.2, 0.25) is 10.0 Å². The van der Waals surface area contributed by atoms with Crippen molar-refractivity contribution in [2.45, 2.75) is 0 Å². The summed E-state index contributed by atoms with van der Waals surface area (Å²) in [6, 6.07) is 9.06. The van der Waals surface area contributed by atoms with E-state index >= 15 is 0 Å². The van der Waals surface area contributed by atoms with Gasteiger partial charge in [-0.15, -0.1) is 0 Å². The van der Waals surface area contributed by atoms with Crippen molar-refractivity contribution in [3.05, 3.63) is 57.6 Å². The molecule has 0 saturated carbocycles. The van der Waals surface area contributed by atoms with Crippen LogP contribution in [-0.2, 0) is 0 Å². The van der Waals surface area contributed by atoms with Crippen LogP contribution >= 0.6 is 23.2 Å². The normalized spacial score (nSPS) is 10.8. The molecule has 1 amide bonds. The molecular weight excluding hydrogens is 315 g/mol. The molecule has 0 heterocycles. The van der Waals surface area contributed by atoms with Crippen LogP contribution in [0.4, 0.5) is 0 Å². The third-order valence-electron chi connectivity index (χ3n) is 2.62. The minimum absolute atomic E-state index is 0.00708. The number of phenolic OH excluding ortho intramolecular Hbond substituents is 2. The summed E-state index contributed by atoms with van der Waals surface area (Å²) >= 11 is 11.5. The van der Waals surface area contributed by atoms with E-state index < -0.39 is 5.91 Å². The minimum Gasteiger partial charge on any atom is -0.507 e. The number of benzene rings is 2. The number of rotatable bonds is 3. The summed E-state index contributed by atoms with van der Waals surface area (Å²) in [7, 11) is 0. The van der Waals surface area contributed by atoms with Gasteiger partial charge in [0.25, 0.3) is 5.91 Å². The highest BCUT2D eigenvalue weighted by molar-refractivity contribution is 6.43. The van der Waals surface area contributed by atoms with Crippen LogP contribution < -0.4 is 5.43 Å². The molecule has 0 radical (unpaired) electrons. The average Bonchev–Trinajstić information content (AvgIpc) is 2.47. The van der Waals surface area contributed by atoms with Gasteiger partial charge in [0.2, 0.25) is 0 Å². The van der Waals surface area contributed by atoms with Crippen molar-refractivity contribution in [2.75, 3.05) is 0 Å². The zero-order valence-corrected chi connectivity index (χ0v) is 12.1. The Balaban J connectivity index is 2.12. The van der Waals surface area contributed by atoms with E-state index in [1.807, 2.05) is 0 Å². The van der Waals surface area contributed by atoms with Crippen LogP contribution in [0, 0.1) is 0 Å². The lowest BCUT2D eigenvalue weighted by Gasteiger charge is -2.04. The Morgan fingerprint density at radius 2 is 1.86 bits per heavy atom. The molecule has 7 heteroatoms. The molecule has 0 aliphatic heterocycles. The van der Waals surface area contributed by atoms with E-state index in [2.05, 4.69) is 10.5 Å². The summed E-state index contributed by atoms with van der Waals surface area (Å²) in [5.74, 6) is -0.962. The summed E-state index contributed by atoms with van der Waals surface area (Å²) in [4.78, 5) is 11.8. The van der Waals surface area contributed by atoms with Gasteiger partial charge in [0.1, 0.15) is 16.5 Å². The predicted octanol–water partition coefficient (Wildman–Crippen LogP) is 3.17. The highest BCUT2D eigenvalue weighted by atomic mass is 35.5. The van der Waals surface area contributed by atoms with Crippen LogP contribution in [0.1, 0.15) is 15.9 Å². The first kappa shape index (κ1) is 15.2. The third kappa shape index (κ3) is 3.45. The lowest BCUT2D eigenvalue weighted by atomic mass is 10.2. The number of carbonyl (C=O) groups excluding carboxylic acids is 1. The van der Waals surface area contributed by atoms with Crippen LogP contribution in [0.5, 0.6) is 11.5 Å². The molecule has 2 aromatic rings. The molecule has 0 aliphatic carbocycles. The van der Waals surface area contributed by atoms with Crippen molar-refractivity contribution in [2.24, 2.45) is 5.10 Å².